The Morgan fingerprint density at radius 2 is 2.46 bits per heavy atom. The van der Waals surface area contributed by atoms with Crippen molar-refractivity contribution in [2.75, 3.05) is 17.3 Å². The number of hydrogen-bond acceptors (Lipinski definition) is 5. The van der Waals surface area contributed by atoms with E-state index in [1.807, 2.05) is 30.4 Å². The van der Waals surface area contributed by atoms with Crippen LogP contribution < -0.4 is 0 Å². The minimum absolute atomic E-state index is 0.447. The van der Waals surface area contributed by atoms with E-state index in [0.29, 0.717) is 5.25 Å². The predicted octanol–water partition coefficient (Wildman–Crippen LogP) is 2.15. The maximum Gasteiger partial charge on any atom is 0.226 e. The quantitative estimate of drug-likeness (QED) is 0.757. The third-order valence-corrected chi connectivity index (χ3v) is 4.64. The van der Waals surface area contributed by atoms with E-state index in [4.69, 9.17) is 4.52 Å². The summed E-state index contributed by atoms with van der Waals surface area (Å²) in [6.07, 6.45) is 0.831. The highest BCUT2D eigenvalue weighted by Crippen LogP contribution is 2.34. The summed E-state index contributed by atoms with van der Waals surface area (Å²) in [5.74, 6) is 5.21. The number of hydrogen-bond donors (Lipinski definition) is 0. The molecule has 1 aromatic rings. The molecule has 13 heavy (non-hydrogen) atoms. The minimum atomic E-state index is 0.447. The molecule has 1 aromatic heterocycles. The molecule has 1 fully saturated rings. The van der Waals surface area contributed by atoms with Crippen molar-refractivity contribution in [1.82, 2.24) is 10.1 Å². The van der Waals surface area contributed by atoms with Gasteiger partial charge in [0, 0.05) is 23.7 Å². The van der Waals surface area contributed by atoms with Gasteiger partial charge in [-0.3, -0.25) is 0 Å². The van der Waals surface area contributed by atoms with Crippen LogP contribution in [0.25, 0.3) is 0 Å². The summed E-state index contributed by atoms with van der Waals surface area (Å²) in [4.78, 5) is 4.34. The molecule has 0 aromatic carbocycles. The summed E-state index contributed by atoms with van der Waals surface area (Å²) < 4.78 is 5.08. The Bertz CT molecular complexity index is 271. The van der Waals surface area contributed by atoms with Crippen LogP contribution in [0.5, 0.6) is 0 Å². The van der Waals surface area contributed by atoms with Crippen LogP contribution in [0.15, 0.2) is 4.52 Å². The second kappa shape index (κ2) is 4.37. The fourth-order valence-corrected chi connectivity index (χ4v) is 3.77. The van der Waals surface area contributed by atoms with E-state index in [2.05, 4.69) is 10.1 Å². The first-order chi connectivity index (χ1) is 6.40. The third kappa shape index (κ3) is 2.20. The maximum atomic E-state index is 5.08. The normalized spacial score (nSPS) is 23.3. The van der Waals surface area contributed by atoms with Gasteiger partial charge in [0.25, 0.3) is 0 Å². The van der Waals surface area contributed by atoms with Crippen molar-refractivity contribution >= 4 is 23.5 Å². The van der Waals surface area contributed by atoms with Gasteiger partial charge in [0.1, 0.15) is 0 Å². The smallest absolute Gasteiger partial charge is 0.226 e. The standard InChI is InChI=1S/C8H12N2OS2/c1-2-7-9-8(10-11-7)6-5-12-3-4-13-6/h6H,2-5H2,1H3. The van der Waals surface area contributed by atoms with E-state index in [0.717, 1.165) is 23.9 Å². The van der Waals surface area contributed by atoms with Gasteiger partial charge in [-0.25, -0.2) is 0 Å². The number of rotatable bonds is 2. The zero-order valence-corrected chi connectivity index (χ0v) is 9.16. The highest BCUT2D eigenvalue weighted by atomic mass is 32.2. The maximum absolute atomic E-state index is 5.08. The molecule has 2 heterocycles. The molecule has 1 aliphatic heterocycles. The first-order valence-electron chi connectivity index (χ1n) is 4.42. The minimum Gasteiger partial charge on any atom is -0.339 e. The molecule has 2 rings (SSSR count). The monoisotopic (exact) mass is 216 g/mol. The molecular formula is C8H12N2OS2. The van der Waals surface area contributed by atoms with Crippen molar-refractivity contribution < 1.29 is 4.52 Å². The van der Waals surface area contributed by atoms with E-state index < -0.39 is 0 Å². The average molecular weight is 216 g/mol. The Labute approximate surface area is 86.0 Å². The van der Waals surface area contributed by atoms with Crippen molar-refractivity contribution in [3.63, 3.8) is 0 Å². The molecule has 0 saturated carbocycles. The molecule has 3 nitrogen and oxygen atoms in total. The first-order valence-corrected chi connectivity index (χ1v) is 6.62. The van der Waals surface area contributed by atoms with Gasteiger partial charge in [0.2, 0.25) is 5.89 Å². The average Bonchev–Trinajstić information content (AvgIpc) is 2.67. The fourth-order valence-electron chi connectivity index (χ4n) is 1.18. The van der Waals surface area contributed by atoms with Crippen LogP contribution in [0.2, 0.25) is 0 Å². The number of thioether (sulfide) groups is 2. The van der Waals surface area contributed by atoms with Gasteiger partial charge in [-0.1, -0.05) is 12.1 Å². The second-order valence-electron chi connectivity index (χ2n) is 2.83. The predicted molar refractivity (Wildman–Crippen MR) is 56.2 cm³/mol. The molecule has 5 heteroatoms. The van der Waals surface area contributed by atoms with Crippen LogP contribution in [-0.2, 0) is 6.42 Å². The molecule has 0 N–H and O–H groups in total. The Morgan fingerprint density at radius 3 is 3.08 bits per heavy atom. The summed E-state index contributed by atoms with van der Waals surface area (Å²) in [5, 5.41) is 4.44. The molecule has 0 amide bonds. The van der Waals surface area contributed by atoms with E-state index in [-0.39, 0.29) is 0 Å². The molecule has 1 unspecified atom stereocenters. The number of nitrogens with zero attached hydrogens (tertiary/aromatic N) is 2. The van der Waals surface area contributed by atoms with Gasteiger partial charge >= 0.3 is 0 Å². The Hall–Kier alpha value is -0.160. The number of aryl methyl sites for hydroxylation is 1. The molecule has 0 radical (unpaired) electrons. The summed E-state index contributed by atoms with van der Waals surface area (Å²) in [5.41, 5.74) is 0. The first kappa shape index (κ1) is 9.40. The highest BCUT2D eigenvalue weighted by molar-refractivity contribution is 8.06. The van der Waals surface area contributed by atoms with Crippen LogP contribution in [0.1, 0.15) is 23.9 Å². The molecular weight excluding hydrogens is 204 g/mol. The van der Waals surface area contributed by atoms with Crippen LogP contribution >= 0.6 is 23.5 Å². The van der Waals surface area contributed by atoms with Crippen molar-refractivity contribution in [2.24, 2.45) is 0 Å². The van der Waals surface area contributed by atoms with Gasteiger partial charge in [-0.15, -0.1) is 11.8 Å². The van der Waals surface area contributed by atoms with Crippen LogP contribution in [-0.4, -0.2) is 27.4 Å². The van der Waals surface area contributed by atoms with Crippen molar-refractivity contribution in [1.29, 1.82) is 0 Å². The van der Waals surface area contributed by atoms with Crippen molar-refractivity contribution in [2.45, 2.75) is 18.6 Å². The zero-order valence-electron chi connectivity index (χ0n) is 7.52. The van der Waals surface area contributed by atoms with Crippen LogP contribution in [0, 0.1) is 0 Å². The molecule has 1 aliphatic rings. The Balaban J connectivity index is 2.05. The Kier molecular flexibility index (Phi) is 3.16. The van der Waals surface area contributed by atoms with E-state index >= 15 is 0 Å². The molecule has 0 aliphatic carbocycles. The lowest BCUT2D eigenvalue weighted by Crippen LogP contribution is -2.07. The van der Waals surface area contributed by atoms with Gasteiger partial charge in [-0.05, 0) is 0 Å². The van der Waals surface area contributed by atoms with Crippen LogP contribution in [0.3, 0.4) is 0 Å². The lowest BCUT2D eigenvalue weighted by atomic mass is 10.4. The summed E-state index contributed by atoms with van der Waals surface area (Å²) >= 11 is 3.91. The lowest BCUT2D eigenvalue weighted by Gasteiger charge is -2.16. The lowest BCUT2D eigenvalue weighted by molar-refractivity contribution is 0.377. The highest BCUT2D eigenvalue weighted by Gasteiger charge is 2.21. The van der Waals surface area contributed by atoms with Gasteiger partial charge < -0.3 is 4.52 Å². The van der Waals surface area contributed by atoms with Gasteiger partial charge in [-0.2, -0.15) is 16.7 Å². The molecule has 0 spiro atoms. The number of aromatic nitrogens is 2. The van der Waals surface area contributed by atoms with Crippen LogP contribution in [0.4, 0.5) is 0 Å². The Morgan fingerprint density at radius 1 is 1.54 bits per heavy atom. The van der Waals surface area contributed by atoms with Crippen molar-refractivity contribution in [3.8, 4) is 0 Å². The van der Waals surface area contributed by atoms with Gasteiger partial charge in [0.15, 0.2) is 5.82 Å². The summed E-state index contributed by atoms with van der Waals surface area (Å²) in [7, 11) is 0. The van der Waals surface area contributed by atoms with Crippen molar-refractivity contribution in [3.05, 3.63) is 11.7 Å². The van der Waals surface area contributed by atoms with E-state index in [1.165, 1.54) is 11.5 Å². The largest absolute Gasteiger partial charge is 0.339 e. The zero-order chi connectivity index (χ0) is 9.10. The SMILES string of the molecule is CCc1nc(C2CSCCS2)no1. The summed E-state index contributed by atoms with van der Waals surface area (Å²) in [6.45, 7) is 2.03. The summed E-state index contributed by atoms with van der Waals surface area (Å²) in [6, 6.07) is 0. The van der Waals surface area contributed by atoms with Gasteiger partial charge in [0.05, 0.1) is 5.25 Å². The van der Waals surface area contributed by atoms with E-state index in [1.54, 1.807) is 0 Å². The van der Waals surface area contributed by atoms with E-state index in [9.17, 15) is 0 Å². The molecule has 72 valence electrons. The third-order valence-electron chi connectivity index (χ3n) is 1.89. The topological polar surface area (TPSA) is 38.9 Å². The molecule has 1 atom stereocenters. The second-order valence-corrected chi connectivity index (χ2v) is 5.29. The molecule has 1 saturated heterocycles. The fraction of sp³-hybridized carbons (Fsp3) is 0.750. The molecule has 0 bridgehead atoms.